The number of carboxylic acid groups (broad SMARTS) is 1. The number of ether oxygens (including phenoxy) is 1. The van der Waals surface area contributed by atoms with Crippen LogP contribution in [-0.4, -0.2) is 41.6 Å². The minimum absolute atomic E-state index is 0.0494. The minimum Gasteiger partial charge on any atom is -0.545 e. The van der Waals surface area contributed by atoms with Crippen molar-refractivity contribution in [2.24, 2.45) is 0 Å². The number of carboxylic acids is 1. The number of rotatable bonds is 7. The first-order valence-electron chi connectivity index (χ1n) is 11.7. The number of aliphatic hydroxyl groups is 1. The molecule has 5 heteroatoms. The Morgan fingerprint density at radius 3 is 2.32 bits per heavy atom. The molecule has 0 aliphatic carbocycles. The van der Waals surface area contributed by atoms with Crippen molar-refractivity contribution in [3.05, 3.63) is 71.8 Å². The van der Waals surface area contributed by atoms with Gasteiger partial charge in [-0.15, -0.1) is 0 Å². The quantitative estimate of drug-likeness (QED) is 0.528. The van der Waals surface area contributed by atoms with Gasteiger partial charge in [0.05, 0.1) is 12.6 Å². The molecule has 0 fully saturated rings. The lowest BCUT2D eigenvalue weighted by molar-refractivity contribution is -0.427. The van der Waals surface area contributed by atoms with E-state index >= 15 is 0 Å². The van der Waals surface area contributed by atoms with Crippen LogP contribution in [0.3, 0.4) is 0 Å². The summed E-state index contributed by atoms with van der Waals surface area (Å²) >= 11 is 0. The maximum atomic E-state index is 11.1. The largest absolute Gasteiger partial charge is 0.545 e. The van der Waals surface area contributed by atoms with E-state index in [1.807, 2.05) is 12.1 Å². The topological polar surface area (TPSA) is 72.6 Å². The highest BCUT2D eigenvalue weighted by molar-refractivity contribution is 5.87. The van der Waals surface area contributed by atoms with Gasteiger partial charge in [-0.1, -0.05) is 51.1 Å². The van der Waals surface area contributed by atoms with Crippen molar-refractivity contribution >= 4 is 17.9 Å². The second-order valence-electron chi connectivity index (χ2n) is 9.65. The second-order valence-corrected chi connectivity index (χ2v) is 9.65. The molecule has 0 saturated heterocycles. The second kappa shape index (κ2) is 9.82. The Morgan fingerprint density at radius 2 is 1.71 bits per heavy atom. The van der Waals surface area contributed by atoms with Crippen LogP contribution in [0.5, 0.6) is 5.75 Å². The fourth-order valence-corrected chi connectivity index (χ4v) is 4.39. The molecule has 4 rings (SSSR count). The highest BCUT2D eigenvalue weighted by Gasteiger charge is 2.27. The van der Waals surface area contributed by atoms with E-state index in [1.165, 1.54) is 17.7 Å². The molecule has 176 valence electrons. The molecular formula is C29H31NO4. The van der Waals surface area contributed by atoms with Gasteiger partial charge >= 0.3 is 0 Å². The third-order valence-corrected chi connectivity index (χ3v) is 6.16. The van der Waals surface area contributed by atoms with Gasteiger partial charge in [0.25, 0.3) is 0 Å². The van der Waals surface area contributed by atoms with E-state index in [0.717, 1.165) is 35.2 Å². The minimum atomic E-state index is -1.19. The van der Waals surface area contributed by atoms with E-state index in [0.29, 0.717) is 5.75 Å². The zero-order valence-electron chi connectivity index (χ0n) is 20.0. The summed E-state index contributed by atoms with van der Waals surface area (Å²) in [7, 11) is 0. The number of carbonyl (C=O) groups is 1. The maximum Gasteiger partial charge on any atom is 0.208 e. The standard InChI is InChI=1S/C29H31NO4/c1-29(2,3)25-19-23(10-12-26(25)30-14-4-5-15-30)24-18-22(11-13-27(24)34-17-16-31)20-6-8-21(9-7-20)28(32)33/h6-14,18-19,31H,4-5,15-17H2,1-3H3. The van der Waals surface area contributed by atoms with Gasteiger partial charge in [-0.3, -0.25) is 0 Å². The van der Waals surface area contributed by atoms with Gasteiger partial charge in [0.1, 0.15) is 25.1 Å². The zero-order chi connectivity index (χ0) is 24.3. The number of hydrogen-bond acceptors (Lipinski definition) is 4. The fourth-order valence-electron chi connectivity index (χ4n) is 4.39. The summed E-state index contributed by atoms with van der Waals surface area (Å²) in [6, 6.07) is 19.1. The van der Waals surface area contributed by atoms with Gasteiger partial charge in [0.15, 0.2) is 0 Å². The fraction of sp³-hybridized carbons (Fsp3) is 0.310. The zero-order valence-corrected chi connectivity index (χ0v) is 20.0. The van der Waals surface area contributed by atoms with Gasteiger partial charge in [-0.2, -0.15) is 0 Å². The molecule has 0 amide bonds. The summed E-state index contributed by atoms with van der Waals surface area (Å²) in [5.41, 5.74) is 6.42. The van der Waals surface area contributed by atoms with Crippen molar-refractivity contribution in [3.8, 4) is 28.0 Å². The van der Waals surface area contributed by atoms with Crippen LogP contribution < -0.4 is 9.84 Å². The summed E-state index contributed by atoms with van der Waals surface area (Å²) in [4.78, 5) is 11.1. The van der Waals surface area contributed by atoms with Crippen LogP contribution in [-0.2, 0) is 5.41 Å². The first kappa shape index (κ1) is 23.7. The molecule has 0 radical (unpaired) electrons. The van der Waals surface area contributed by atoms with Crippen molar-refractivity contribution in [1.82, 2.24) is 0 Å². The third kappa shape index (κ3) is 5.05. The monoisotopic (exact) mass is 457 g/mol. The smallest absolute Gasteiger partial charge is 0.208 e. The number of hydrogen-bond donors (Lipinski definition) is 1. The Hall–Kier alpha value is -3.44. The van der Waals surface area contributed by atoms with Gasteiger partial charge in [-0.05, 0) is 51.9 Å². The van der Waals surface area contributed by atoms with Gasteiger partial charge in [0.2, 0.25) is 5.69 Å². The molecule has 0 spiro atoms. The molecule has 0 aromatic heterocycles. The molecule has 1 aliphatic heterocycles. The highest BCUT2D eigenvalue weighted by atomic mass is 16.5. The van der Waals surface area contributed by atoms with E-state index in [-0.39, 0.29) is 24.2 Å². The van der Waals surface area contributed by atoms with Crippen LogP contribution in [0.25, 0.3) is 22.3 Å². The van der Waals surface area contributed by atoms with Gasteiger partial charge < -0.3 is 19.7 Å². The molecule has 0 atom stereocenters. The molecule has 0 unspecified atom stereocenters. The van der Waals surface area contributed by atoms with E-state index < -0.39 is 5.97 Å². The predicted molar refractivity (Wildman–Crippen MR) is 133 cm³/mol. The molecular weight excluding hydrogens is 426 g/mol. The summed E-state index contributed by atoms with van der Waals surface area (Å²) in [6.45, 7) is 7.85. The molecule has 1 heterocycles. The van der Waals surface area contributed by atoms with E-state index in [4.69, 9.17) is 4.74 Å². The Balaban J connectivity index is 1.82. The van der Waals surface area contributed by atoms with Crippen molar-refractivity contribution in [2.75, 3.05) is 19.8 Å². The van der Waals surface area contributed by atoms with Crippen LogP contribution in [0, 0.1) is 0 Å². The number of carbonyl (C=O) groups excluding carboxylic acids is 1. The third-order valence-electron chi connectivity index (χ3n) is 6.16. The van der Waals surface area contributed by atoms with Crippen LogP contribution in [0.2, 0.25) is 0 Å². The number of aliphatic hydroxyl groups excluding tert-OH is 1. The molecule has 3 aromatic carbocycles. The summed E-state index contributed by atoms with van der Waals surface area (Å²) < 4.78 is 8.24. The number of nitrogens with zero attached hydrogens (tertiary/aromatic N) is 1. The molecule has 1 N–H and O–H groups in total. The number of aromatic carboxylic acids is 1. The van der Waals surface area contributed by atoms with E-state index in [1.54, 1.807) is 24.3 Å². The first-order valence-corrected chi connectivity index (χ1v) is 11.7. The van der Waals surface area contributed by atoms with Crippen molar-refractivity contribution in [1.29, 1.82) is 0 Å². The van der Waals surface area contributed by atoms with Crippen LogP contribution in [0.4, 0.5) is 5.69 Å². The predicted octanol–water partition coefficient (Wildman–Crippen LogP) is 4.56. The van der Waals surface area contributed by atoms with Gasteiger partial charge in [0, 0.05) is 30.0 Å². The Kier molecular flexibility index (Phi) is 6.85. The normalized spacial score (nSPS) is 13.6. The average molecular weight is 458 g/mol. The number of benzene rings is 3. The molecule has 34 heavy (non-hydrogen) atoms. The van der Waals surface area contributed by atoms with Crippen molar-refractivity contribution < 1.29 is 24.3 Å². The summed E-state index contributed by atoms with van der Waals surface area (Å²) in [5, 5.41) is 20.4. The lowest BCUT2D eigenvalue weighted by Crippen LogP contribution is -2.21. The molecule has 0 saturated carbocycles. The highest BCUT2D eigenvalue weighted by Crippen LogP contribution is 2.40. The lowest BCUT2D eigenvalue weighted by Gasteiger charge is -2.22. The Morgan fingerprint density at radius 1 is 1.00 bits per heavy atom. The molecule has 5 nitrogen and oxygen atoms in total. The average Bonchev–Trinajstić information content (AvgIpc) is 3.37. The maximum absolute atomic E-state index is 11.1. The molecule has 1 aliphatic rings. The van der Waals surface area contributed by atoms with Crippen LogP contribution in [0.15, 0.2) is 60.7 Å². The molecule has 3 aromatic rings. The molecule has 0 bridgehead atoms. The summed E-state index contributed by atoms with van der Waals surface area (Å²) in [6.07, 6.45) is 4.55. The van der Waals surface area contributed by atoms with Crippen molar-refractivity contribution in [2.45, 2.75) is 39.0 Å². The van der Waals surface area contributed by atoms with Crippen molar-refractivity contribution in [3.63, 3.8) is 0 Å². The summed E-state index contributed by atoms with van der Waals surface area (Å²) in [5.74, 6) is -0.491. The Labute approximate surface area is 201 Å². The van der Waals surface area contributed by atoms with E-state index in [2.05, 4.69) is 55.8 Å². The van der Waals surface area contributed by atoms with Gasteiger partial charge in [-0.25, -0.2) is 4.58 Å². The van der Waals surface area contributed by atoms with E-state index in [9.17, 15) is 15.0 Å². The first-order chi connectivity index (χ1) is 16.3. The SMILES string of the molecule is CC(C)(C)c1cc(-c2cc(-c3ccc(C(=O)[O-])cc3)ccc2OCCO)ccc1[N+]1=CCCC1. The Bertz CT molecular complexity index is 1220. The lowest BCUT2D eigenvalue weighted by atomic mass is 9.83. The van der Waals surface area contributed by atoms with Crippen LogP contribution >= 0.6 is 0 Å². The van der Waals surface area contributed by atoms with Crippen LogP contribution in [0.1, 0.15) is 49.5 Å².